The first-order valence-corrected chi connectivity index (χ1v) is 12.7. The minimum absolute atomic E-state index is 0.000105. The number of aromatic nitrogens is 3. The Morgan fingerprint density at radius 2 is 1.80 bits per heavy atom. The van der Waals surface area contributed by atoms with Crippen molar-refractivity contribution in [2.45, 2.75) is 31.1 Å². The number of benzene rings is 2. The van der Waals surface area contributed by atoms with E-state index in [0.717, 1.165) is 18.7 Å². The number of piperidine rings is 1. The minimum Gasteiger partial charge on any atom is -0.484 e. The highest BCUT2D eigenvalue weighted by atomic mass is 19.4. The number of pyridine rings is 1. The number of ether oxygens (including phenoxy) is 1. The van der Waals surface area contributed by atoms with Crippen molar-refractivity contribution in [3.05, 3.63) is 90.1 Å². The van der Waals surface area contributed by atoms with Crippen LogP contribution in [0.3, 0.4) is 0 Å². The zero-order chi connectivity index (χ0) is 28.0. The number of hydrogen-bond donors (Lipinski definition) is 3. The fourth-order valence-electron chi connectivity index (χ4n) is 4.52. The second-order valence-electron chi connectivity index (χ2n) is 9.38. The topological polar surface area (TPSA) is 114 Å². The summed E-state index contributed by atoms with van der Waals surface area (Å²) in [5.74, 6) is 0.524. The summed E-state index contributed by atoms with van der Waals surface area (Å²) >= 11 is 0. The summed E-state index contributed by atoms with van der Waals surface area (Å²) in [6, 6.07) is 16.9. The van der Waals surface area contributed by atoms with E-state index in [1.807, 2.05) is 6.07 Å². The molecule has 0 radical (unpaired) electrons. The number of para-hydroxylation sites is 1. The molecule has 0 saturated carbocycles. The van der Waals surface area contributed by atoms with Crippen LogP contribution in [-0.2, 0) is 12.1 Å². The number of carbonyl (C=O) groups excluding carboxylic acids is 1. The molecular weight excluding hydrogens is 525 g/mol. The van der Waals surface area contributed by atoms with Crippen molar-refractivity contribution in [1.29, 1.82) is 0 Å². The van der Waals surface area contributed by atoms with Crippen LogP contribution in [0.2, 0.25) is 0 Å². The Morgan fingerprint density at radius 3 is 2.58 bits per heavy atom. The second kappa shape index (κ2) is 11.7. The molecule has 5 rings (SSSR count). The summed E-state index contributed by atoms with van der Waals surface area (Å²) in [6.45, 7) is 0.0544. The first-order chi connectivity index (χ1) is 19.3. The average molecular weight is 553 g/mol. The molecule has 1 saturated heterocycles. The van der Waals surface area contributed by atoms with E-state index < -0.39 is 18.3 Å². The van der Waals surface area contributed by atoms with Crippen LogP contribution in [0, 0.1) is 0 Å². The summed E-state index contributed by atoms with van der Waals surface area (Å²) < 4.78 is 48.8. The smallest absolute Gasteiger partial charge is 0.422 e. The van der Waals surface area contributed by atoms with E-state index in [9.17, 15) is 18.0 Å². The van der Waals surface area contributed by atoms with Gasteiger partial charge in [-0.2, -0.15) is 13.2 Å². The van der Waals surface area contributed by atoms with Gasteiger partial charge in [-0.1, -0.05) is 24.3 Å². The third-order valence-electron chi connectivity index (χ3n) is 6.53. The molecule has 0 spiro atoms. The summed E-state index contributed by atoms with van der Waals surface area (Å²) in [4.78, 5) is 17.0. The highest BCUT2D eigenvalue weighted by Gasteiger charge is 2.39. The molecule has 0 aliphatic carbocycles. The maximum Gasteiger partial charge on any atom is 0.422 e. The molecule has 208 valence electrons. The Kier molecular flexibility index (Phi) is 7.96. The van der Waals surface area contributed by atoms with Crippen LogP contribution in [0.15, 0.2) is 77.5 Å². The number of rotatable bonds is 9. The van der Waals surface area contributed by atoms with Crippen LogP contribution >= 0.6 is 0 Å². The van der Waals surface area contributed by atoms with Gasteiger partial charge in [0, 0.05) is 41.3 Å². The number of nitrogens with zero attached hydrogens (tertiary/aromatic N) is 3. The standard InChI is InChI=1S/C28H27F3N6O3/c29-28(30,31)18-39-23-7-2-1-4-21(23)17-34-24(38)20-5-3-6-22(16-20)35-27(10-14-33-15-11-27)26-37-36-25(40-26)19-8-12-32-13-9-19/h1-9,12-13,16,33,35H,10-11,14-15,17-18H2,(H,34,38). The van der Waals surface area contributed by atoms with E-state index in [0.29, 0.717) is 41.4 Å². The van der Waals surface area contributed by atoms with Gasteiger partial charge < -0.3 is 25.1 Å². The molecule has 3 N–H and O–H groups in total. The molecule has 1 aliphatic heterocycles. The third-order valence-corrected chi connectivity index (χ3v) is 6.53. The summed E-state index contributed by atoms with van der Waals surface area (Å²) in [7, 11) is 0. The number of amides is 1. The minimum atomic E-state index is -4.46. The van der Waals surface area contributed by atoms with Gasteiger partial charge >= 0.3 is 6.18 Å². The van der Waals surface area contributed by atoms with Crippen LogP contribution in [-0.4, -0.2) is 47.0 Å². The van der Waals surface area contributed by atoms with Gasteiger partial charge in [-0.15, -0.1) is 10.2 Å². The number of anilines is 1. The SMILES string of the molecule is O=C(NCc1ccccc1OCC(F)(F)F)c1cccc(NC2(c3nnc(-c4ccncc4)o3)CCNCC2)c1. The molecule has 0 bridgehead atoms. The van der Waals surface area contributed by atoms with E-state index in [1.54, 1.807) is 60.9 Å². The molecule has 1 amide bonds. The zero-order valence-corrected chi connectivity index (χ0v) is 21.4. The number of nitrogens with one attached hydrogen (secondary N) is 3. The van der Waals surface area contributed by atoms with Crippen molar-refractivity contribution in [3.63, 3.8) is 0 Å². The third kappa shape index (κ3) is 6.57. The molecule has 1 aliphatic rings. The van der Waals surface area contributed by atoms with Gasteiger partial charge in [0.2, 0.25) is 11.8 Å². The van der Waals surface area contributed by atoms with Crippen LogP contribution in [0.25, 0.3) is 11.5 Å². The van der Waals surface area contributed by atoms with Crippen LogP contribution in [0.4, 0.5) is 18.9 Å². The van der Waals surface area contributed by atoms with Crippen molar-refractivity contribution >= 4 is 11.6 Å². The van der Waals surface area contributed by atoms with Crippen LogP contribution < -0.4 is 20.7 Å². The van der Waals surface area contributed by atoms with E-state index in [1.165, 1.54) is 6.07 Å². The molecule has 2 aromatic carbocycles. The van der Waals surface area contributed by atoms with E-state index in [2.05, 4.69) is 31.1 Å². The van der Waals surface area contributed by atoms with Crippen molar-refractivity contribution in [2.75, 3.05) is 25.0 Å². The lowest BCUT2D eigenvalue weighted by molar-refractivity contribution is -0.153. The molecule has 1 fully saturated rings. The highest BCUT2D eigenvalue weighted by molar-refractivity contribution is 5.95. The Hall–Kier alpha value is -4.45. The summed E-state index contributed by atoms with van der Waals surface area (Å²) in [6.07, 6.45) is 0.203. The fourth-order valence-corrected chi connectivity index (χ4v) is 4.52. The Bertz CT molecular complexity index is 1440. The summed E-state index contributed by atoms with van der Waals surface area (Å²) in [5.41, 5.74) is 1.62. The molecule has 0 atom stereocenters. The lowest BCUT2D eigenvalue weighted by Crippen LogP contribution is -2.45. The Balaban J connectivity index is 1.30. The quantitative estimate of drug-likeness (QED) is 0.274. The number of alkyl halides is 3. The molecule has 4 aromatic rings. The van der Waals surface area contributed by atoms with Crippen LogP contribution in [0.5, 0.6) is 5.75 Å². The molecule has 2 aromatic heterocycles. The van der Waals surface area contributed by atoms with Gasteiger partial charge in [-0.3, -0.25) is 9.78 Å². The largest absolute Gasteiger partial charge is 0.484 e. The Morgan fingerprint density at radius 1 is 1.02 bits per heavy atom. The maximum absolute atomic E-state index is 13.0. The number of hydrogen-bond acceptors (Lipinski definition) is 8. The monoisotopic (exact) mass is 552 g/mol. The van der Waals surface area contributed by atoms with Gasteiger partial charge in [0.1, 0.15) is 11.3 Å². The predicted molar refractivity (Wildman–Crippen MR) is 141 cm³/mol. The average Bonchev–Trinajstić information content (AvgIpc) is 3.47. The molecule has 12 heteroatoms. The van der Waals surface area contributed by atoms with Gasteiger partial charge in [0.25, 0.3) is 5.91 Å². The molecule has 9 nitrogen and oxygen atoms in total. The highest BCUT2D eigenvalue weighted by Crippen LogP contribution is 2.35. The molecular formula is C28H27F3N6O3. The van der Waals surface area contributed by atoms with Gasteiger partial charge in [-0.25, -0.2) is 0 Å². The van der Waals surface area contributed by atoms with Gasteiger partial charge in [0.15, 0.2) is 6.61 Å². The van der Waals surface area contributed by atoms with Crippen LogP contribution in [0.1, 0.15) is 34.7 Å². The van der Waals surface area contributed by atoms with E-state index >= 15 is 0 Å². The van der Waals surface area contributed by atoms with Crippen molar-refractivity contribution < 1.29 is 27.1 Å². The molecule has 0 unspecified atom stereocenters. The zero-order valence-electron chi connectivity index (χ0n) is 21.4. The Labute approximate surface area is 228 Å². The summed E-state index contributed by atoms with van der Waals surface area (Å²) in [5, 5.41) is 18.2. The van der Waals surface area contributed by atoms with Gasteiger partial charge in [0.05, 0.1) is 0 Å². The maximum atomic E-state index is 13.0. The van der Waals surface area contributed by atoms with Crippen molar-refractivity contribution in [1.82, 2.24) is 25.8 Å². The first kappa shape index (κ1) is 27.1. The lowest BCUT2D eigenvalue weighted by Gasteiger charge is -2.36. The molecule has 3 heterocycles. The second-order valence-corrected chi connectivity index (χ2v) is 9.38. The van der Waals surface area contributed by atoms with E-state index in [4.69, 9.17) is 9.15 Å². The van der Waals surface area contributed by atoms with Gasteiger partial charge in [-0.05, 0) is 62.3 Å². The predicted octanol–water partition coefficient (Wildman–Crippen LogP) is 4.69. The number of carbonyl (C=O) groups is 1. The fraction of sp³-hybridized carbons (Fsp3) is 0.286. The number of halogens is 3. The first-order valence-electron chi connectivity index (χ1n) is 12.7. The van der Waals surface area contributed by atoms with Crippen molar-refractivity contribution in [3.8, 4) is 17.2 Å². The van der Waals surface area contributed by atoms with Crippen molar-refractivity contribution in [2.24, 2.45) is 0 Å². The van der Waals surface area contributed by atoms with E-state index in [-0.39, 0.29) is 18.2 Å². The lowest BCUT2D eigenvalue weighted by atomic mass is 9.87. The normalized spacial score (nSPS) is 14.9. The molecule has 40 heavy (non-hydrogen) atoms.